The average molecular weight is 449 g/mol. The van der Waals surface area contributed by atoms with Gasteiger partial charge in [-0.2, -0.15) is 9.97 Å². The maximum absolute atomic E-state index is 9.40. The van der Waals surface area contributed by atoms with Crippen LogP contribution in [-0.2, 0) is 13.0 Å². The van der Waals surface area contributed by atoms with Crippen LogP contribution in [0.1, 0.15) is 11.1 Å². The highest BCUT2D eigenvalue weighted by Crippen LogP contribution is 2.33. The van der Waals surface area contributed by atoms with Gasteiger partial charge in [-0.3, -0.25) is 4.90 Å². The van der Waals surface area contributed by atoms with Crippen LogP contribution in [0.3, 0.4) is 0 Å². The van der Waals surface area contributed by atoms with Crippen LogP contribution in [0.2, 0.25) is 0 Å². The van der Waals surface area contributed by atoms with E-state index in [0.29, 0.717) is 13.3 Å². The SMILES string of the molecule is Nc1nc(NCCc2ccc(O)cc2)cc(N2CCN(Cc3ccc4c(c3)OCO4)CC2)n1. The molecule has 5 rings (SSSR count). The third-order valence-electron chi connectivity index (χ3n) is 5.93. The van der Waals surface area contributed by atoms with Crippen molar-refractivity contribution in [2.45, 2.75) is 13.0 Å². The van der Waals surface area contributed by atoms with Crippen molar-refractivity contribution < 1.29 is 14.6 Å². The van der Waals surface area contributed by atoms with Gasteiger partial charge < -0.3 is 30.5 Å². The van der Waals surface area contributed by atoms with Gasteiger partial charge in [0.1, 0.15) is 17.4 Å². The fourth-order valence-electron chi connectivity index (χ4n) is 4.14. The highest BCUT2D eigenvalue weighted by Gasteiger charge is 2.20. The van der Waals surface area contributed by atoms with Crippen LogP contribution in [0.25, 0.3) is 0 Å². The van der Waals surface area contributed by atoms with Crippen LogP contribution >= 0.6 is 0 Å². The first kappa shape index (κ1) is 21.1. The summed E-state index contributed by atoms with van der Waals surface area (Å²) in [6.07, 6.45) is 0.818. The largest absolute Gasteiger partial charge is 0.508 e. The number of hydrogen-bond acceptors (Lipinski definition) is 9. The third kappa shape index (κ3) is 5.20. The minimum Gasteiger partial charge on any atom is -0.508 e. The van der Waals surface area contributed by atoms with Gasteiger partial charge in [-0.05, 0) is 41.8 Å². The molecule has 0 bridgehead atoms. The summed E-state index contributed by atoms with van der Waals surface area (Å²) >= 11 is 0. The van der Waals surface area contributed by atoms with E-state index >= 15 is 0 Å². The number of fused-ring (bicyclic) bond motifs is 1. The molecule has 9 nitrogen and oxygen atoms in total. The van der Waals surface area contributed by atoms with Crippen molar-refractivity contribution in [2.24, 2.45) is 0 Å². The Balaban J connectivity index is 1.15. The Morgan fingerprint density at radius 3 is 2.48 bits per heavy atom. The first-order chi connectivity index (χ1) is 16.1. The van der Waals surface area contributed by atoms with Crippen molar-refractivity contribution >= 4 is 17.6 Å². The Kier molecular flexibility index (Phi) is 6.03. The normalized spacial score (nSPS) is 15.6. The second-order valence-corrected chi connectivity index (χ2v) is 8.26. The Morgan fingerprint density at radius 2 is 1.67 bits per heavy atom. The van der Waals surface area contributed by atoms with Crippen LogP contribution in [0.15, 0.2) is 48.5 Å². The van der Waals surface area contributed by atoms with E-state index in [-0.39, 0.29) is 11.7 Å². The van der Waals surface area contributed by atoms with Crippen LogP contribution < -0.4 is 25.4 Å². The molecule has 33 heavy (non-hydrogen) atoms. The molecule has 2 aliphatic rings. The number of aromatic hydroxyl groups is 1. The summed E-state index contributed by atoms with van der Waals surface area (Å²) in [6.45, 7) is 5.49. The molecule has 2 aromatic carbocycles. The molecule has 0 unspecified atom stereocenters. The molecule has 0 amide bonds. The number of anilines is 3. The minimum atomic E-state index is 0.266. The van der Waals surface area contributed by atoms with E-state index in [1.165, 1.54) is 5.56 Å². The first-order valence-electron chi connectivity index (χ1n) is 11.1. The van der Waals surface area contributed by atoms with Crippen molar-refractivity contribution in [3.8, 4) is 17.2 Å². The van der Waals surface area contributed by atoms with Gasteiger partial charge in [0.15, 0.2) is 11.5 Å². The summed E-state index contributed by atoms with van der Waals surface area (Å²) in [6, 6.07) is 15.3. The van der Waals surface area contributed by atoms with Gasteiger partial charge in [0.25, 0.3) is 0 Å². The Labute approximate surface area is 192 Å². The van der Waals surface area contributed by atoms with Crippen LogP contribution in [0.4, 0.5) is 17.6 Å². The Hall–Kier alpha value is -3.72. The maximum Gasteiger partial charge on any atom is 0.231 e. The predicted molar refractivity (Wildman–Crippen MR) is 127 cm³/mol. The standard InChI is InChI=1S/C24H28N6O3/c25-24-27-22(26-8-7-17-1-4-19(31)5-2-17)14-23(28-24)30-11-9-29(10-12-30)15-18-3-6-20-21(13-18)33-16-32-20/h1-6,13-14,31H,7-12,15-16H2,(H3,25,26,27,28). The number of benzene rings is 2. The second kappa shape index (κ2) is 9.41. The number of ether oxygens (including phenoxy) is 2. The van der Waals surface area contributed by atoms with Crippen molar-refractivity contribution in [3.05, 3.63) is 59.7 Å². The van der Waals surface area contributed by atoms with Crippen molar-refractivity contribution in [2.75, 3.05) is 55.5 Å². The van der Waals surface area contributed by atoms with Crippen molar-refractivity contribution in [1.29, 1.82) is 0 Å². The molecule has 0 atom stereocenters. The molecule has 0 spiro atoms. The van der Waals surface area contributed by atoms with Gasteiger partial charge >= 0.3 is 0 Å². The third-order valence-corrected chi connectivity index (χ3v) is 5.93. The van der Waals surface area contributed by atoms with E-state index in [0.717, 1.165) is 67.8 Å². The molecule has 0 aliphatic carbocycles. The molecule has 0 saturated carbocycles. The molecule has 3 heterocycles. The molecular formula is C24H28N6O3. The van der Waals surface area contributed by atoms with Gasteiger partial charge in [0, 0.05) is 45.3 Å². The zero-order chi connectivity index (χ0) is 22.6. The lowest BCUT2D eigenvalue weighted by Crippen LogP contribution is -2.46. The first-order valence-corrected chi connectivity index (χ1v) is 11.1. The highest BCUT2D eigenvalue weighted by atomic mass is 16.7. The molecule has 3 aromatic rings. The van der Waals surface area contributed by atoms with Gasteiger partial charge in [-0.1, -0.05) is 18.2 Å². The smallest absolute Gasteiger partial charge is 0.231 e. The zero-order valence-electron chi connectivity index (χ0n) is 18.4. The number of phenolic OH excluding ortho intramolecular Hbond substituents is 1. The molecule has 0 radical (unpaired) electrons. The van der Waals surface area contributed by atoms with E-state index in [4.69, 9.17) is 15.2 Å². The minimum absolute atomic E-state index is 0.266. The number of nitrogen functional groups attached to an aromatic ring is 1. The number of phenols is 1. The van der Waals surface area contributed by atoms with E-state index < -0.39 is 0 Å². The Bertz CT molecular complexity index is 1100. The number of piperazine rings is 1. The molecule has 4 N–H and O–H groups in total. The lowest BCUT2D eigenvalue weighted by atomic mass is 10.1. The van der Waals surface area contributed by atoms with Crippen molar-refractivity contribution in [3.63, 3.8) is 0 Å². The molecule has 1 aromatic heterocycles. The monoisotopic (exact) mass is 448 g/mol. The van der Waals surface area contributed by atoms with E-state index in [9.17, 15) is 5.11 Å². The van der Waals surface area contributed by atoms with Crippen LogP contribution in [0.5, 0.6) is 17.2 Å². The summed E-state index contributed by atoms with van der Waals surface area (Å²) in [5.74, 6) is 3.75. The zero-order valence-corrected chi connectivity index (χ0v) is 18.4. The average Bonchev–Trinajstić information content (AvgIpc) is 3.29. The number of aromatic nitrogens is 2. The molecule has 1 fully saturated rings. The summed E-state index contributed by atoms with van der Waals surface area (Å²) in [5, 5.41) is 12.7. The van der Waals surface area contributed by atoms with Gasteiger partial charge in [0.2, 0.25) is 12.7 Å². The lowest BCUT2D eigenvalue weighted by molar-refractivity contribution is 0.174. The highest BCUT2D eigenvalue weighted by molar-refractivity contribution is 5.53. The Morgan fingerprint density at radius 1 is 0.909 bits per heavy atom. The molecule has 1 saturated heterocycles. The molecule has 2 aliphatic heterocycles. The summed E-state index contributed by atoms with van der Waals surface area (Å²) in [5.41, 5.74) is 8.35. The van der Waals surface area contributed by atoms with Gasteiger partial charge in [0.05, 0.1) is 0 Å². The molecule has 172 valence electrons. The number of nitrogens with one attached hydrogen (secondary N) is 1. The summed E-state index contributed by atoms with van der Waals surface area (Å²) in [7, 11) is 0. The number of nitrogens with two attached hydrogens (primary N) is 1. The number of nitrogens with zero attached hydrogens (tertiary/aromatic N) is 4. The van der Waals surface area contributed by atoms with Gasteiger partial charge in [-0.25, -0.2) is 0 Å². The van der Waals surface area contributed by atoms with Crippen LogP contribution in [0, 0.1) is 0 Å². The van der Waals surface area contributed by atoms with E-state index in [1.807, 2.05) is 24.3 Å². The topological polar surface area (TPSA) is 109 Å². The van der Waals surface area contributed by atoms with Gasteiger partial charge in [-0.15, -0.1) is 0 Å². The predicted octanol–water partition coefficient (Wildman–Crippen LogP) is 2.47. The fraction of sp³-hybridized carbons (Fsp3) is 0.333. The molecular weight excluding hydrogens is 420 g/mol. The fourth-order valence-corrected chi connectivity index (χ4v) is 4.14. The maximum atomic E-state index is 9.40. The summed E-state index contributed by atoms with van der Waals surface area (Å²) in [4.78, 5) is 13.5. The number of hydrogen-bond donors (Lipinski definition) is 3. The number of rotatable bonds is 7. The lowest BCUT2D eigenvalue weighted by Gasteiger charge is -2.35. The quantitative estimate of drug-likeness (QED) is 0.502. The van der Waals surface area contributed by atoms with E-state index in [1.54, 1.807) is 12.1 Å². The summed E-state index contributed by atoms with van der Waals surface area (Å²) < 4.78 is 10.9. The molecule has 9 heteroatoms. The second-order valence-electron chi connectivity index (χ2n) is 8.26. The van der Waals surface area contributed by atoms with Crippen LogP contribution in [-0.4, -0.2) is 59.5 Å². The van der Waals surface area contributed by atoms with Crippen molar-refractivity contribution in [1.82, 2.24) is 14.9 Å². The van der Waals surface area contributed by atoms with E-state index in [2.05, 4.69) is 37.2 Å².